The molecule has 0 N–H and O–H groups in total. The second kappa shape index (κ2) is 7.75. The molecule has 1 aromatic carbocycles. The fourth-order valence-electron chi connectivity index (χ4n) is 1.65. The van der Waals surface area contributed by atoms with Crippen molar-refractivity contribution in [2.45, 2.75) is 33.1 Å². The van der Waals surface area contributed by atoms with Crippen LogP contribution in [0.25, 0.3) is 0 Å². The molecule has 3 nitrogen and oxygen atoms in total. The number of carbonyl (C=O) groups is 1. The molecule has 1 unspecified atom stereocenters. The van der Waals surface area contributed by atoms with Gasteiger partial charge in [-0.1, -0.05) is 32.0 Å². The highest BCUT2D eigenvalue weighted by atomic mass is 16.5. The summed E-state index contributed by atoms with van der Waals surface area (Å²) in [5.41, 5.74) is 1.15. The summed E-state index contributed by atoms with van der Waals surface area (Å²) in [6.07, 6.45) is 2.51. The molecule has 0 saturated heterocycles. The minimum Gasteiger partial charge on any atom is -0.496 e. The van der Waals surface area contributed by atoms with Gasteiger partial charge in [-0.25, -0.2) is 0 Å². The Balaban J connectivity index is 2.32. The summed E-state index contributed by atoms with van der Waals surface area (Å²) < 4.78 is 10.5. The molecule has 0 fully saturated rings. The number of rotatable bonds is 7. The van der Waals surface area contributed by atoms with E-state index < -0.39 is 0 Å². The summed E-state index contributed by atoms with van der Waals surface area (Å²) in [6, 6.07) is 7.92. The predicted octanol–water partition coefficient (Wildman–Crippen LogP) is 3.22. The van der Waals surface area contributed by atoms with Gasteiger partial charge >= 0.3 is 5.97 Å². The third-order valence-electron chi connectivity index (χ3n) is 3.04. The minimum atomic E-state index is -0.0995. The quantitative estimate of drug-likeness (QED) is 0.550. The van der Waals surface area contributed by atoms with E-state index in [1.54, 1.807) is 7.11 Å². The lowest BCUT2D eigenvalue weighted by atomic mass is 10.1. The molecule has 0 bridgehead atoms. The molecular weight excluding hydrogens is 228 g/mol. The van der Waals surface area contributed by atoms with Gasteiger partial charge in [0, 0.05) is 0 Å². The Morgan fingerprint density at radius 1 is 1.33 bits per heavy atom. The summed E-state index contributed by atoms with van der Waals surface area (Å²) in [6.45, 7) is 4.35. The molecule has 100 valence electrons. The molecule has 0 amide bonds. The fourth-order valence-corrected chi connectivity index (χ4v) is 1.65. The Morgan fingerprint density at radius 3 is 2.72 bits per heavy atom. The van der Waals surface area contributed by atoms with Crippen LogP contribution in [-0.4, -0.2) is 19.7 Å². The normalized spacial score (nSPS) is 11.9. The van der Waals surface area contributed by atoms with Crippen LogP contribution in [0.3, 0.4) is 0 Å². The van der Waals surface area contributed by atoms with Crippen molar-refractivity contribution in [2.75, 3.05) is 13.7 Å². The van der Waals surface area contributed by atoms with Crippen molar-refractivity contribution in [3.63, 3.8) is 0 Å². The van der Waals surface area contributed by atoms with Gasteiger partial charge in [0.05, 0.1) is 19.6 Å². The molecule has 0 aromatic heterocycles. The van der Waals surface area contributed by atoms with E-state index in [4.69, 9.17) is 9.47 Å². The molecule has 0 aliphatic heterocycles. The Morgan fingerprint density at radius 2 is 2.06 bits per heavy atom. The van der Waals surface area contributed by atoms with Crippen molar-refractivity contribution in [3.8, 4) is 5.75 Å². The summed E-state index contributed by atoms with van der Waals surface area (Å²) in [4.78, 5) is 11.5. The van der Waals surface area contributed by atoms with Crippen LogP contribution in [0.5, 0.6) is 5.75 Å². The zero-order valence-electron chi connectivity index (χ0n) is 11.4. The number of para-hydroxylation sites is 1. The Kier molecular flexibility index (Phi) is 6.26. The number of aryl methyl sites for hydroxylation is 1. The number of hydrogen-bond acceptors (Lipinski definition) is 3. The average molecular weight is 250 g/mol. The number of methoxy groups -OCH3 is 1. The van der Waals surface area contributed by atoms with E-state index in [9.17, 15) is 4.79 Å². The van der Waals surface area contributed by atoms with E-state index in [0.717, 1.165) is 30.6 Å². The van der Waals surface area contributed by atoms with Crippen molar-refractivity contribution in [2.24, 2.45) is 5.92 Å². The van der Waals surface area contributed by atoms with Crippen LogP contribution < -0.4 is 4.74 Å². The molecule has 0 aliphatic carbocycles. The average Bonchev–Trinajstić information content (AvgIpc) is 2.42. The van der Waals surface area contributed by atoms with Crippen LogP contribution in [0, 0.1) is 5.92 Å². The molecule has 18 heavy (non-hydrogen) atoms. The molecule has 3 heteroatoms. The van der Waals surface area contributed by atoms with Gasteiger partial charge < -0.3 is 9.47 Å². The number of hydrogen-bond donors (Lipinski definition) is 0. The Hall–Kier alpha value is -1.51. The fraction of sp³-hybridized carbons (Fsp3) is 0.533. The highest BCUT2D eigenvalue weighted by molar-refractivity contribution is 5.71. The van der Waals surface area contributed by atoms with Gasteiger partial charge in [0.1, 0.15) is 5.75 Å². The van der Waals surface area contributed by atoms with Gasteiger partial charge in [-0.05, 0) is 30.9 Å². The molecule has 0 aliphatic rings. The third kappa shape index (κ3) is 4.40. The van der Waals surface area contributed by atoms with Crippen molar-refractivity contribution in [1.82, 2.24) is 0 Å². The zero-order chi connectivity index (χ0) is 13.4. The van der Waals surface area contributed by atoms with E-state index in [1.807, 2.05) is 38.1 Å². The maximum Gasteiger partial charge on any atom is 0.308 e. The molecule has 0 heterocycles. The van der Waals surface area contributed by atoms with Crippen LogP contribution in [0.1, 0.15) is 32.3 Å². The molecule has 1 rings (SSSR count). The smallest absolute Gasteiger partial charge is 0.308 e. The lowest BCUT2D eigenvalue weighted by molar-refractivity contribution is -0.148. The number of carbonyl (C=O) groups excluding carboxylic acids is 1. The van der Waals surface area contributed by atoms with Gasteiger partial charge in [-0.2, -0.15) is 0 Å². The van der Waals surface area contributed by atoms with Crippen molar-refractivity contribution in [3.05, 3.63) is 29.8 Å². The first kappa shape index (κ1) is 14.6. The first-order chi connectivity index (χ1) is 8.69. The molecule has 0 radical (unpaired) electrons. The Bertz CT molecular complexity index is 374. The van der Waals surface area contributed by atoms with Gasteiger partial charge in [0.2, 0.25) is 0 Å². The summed E-state index contributed by atoms with van der Waals surface area (Å²) in [7, 11) is 1.67. The van der Waals surface area contributed by atoms with Crippen LogP contribution in [0.15, 0.2) is 24.3 Å². The predicted molar refractivity (Wildman–Crippen MR) is 71.7 cm³/mol. The van der Waals surface area contributed by atoms with Crippen molar-refractivity contribution in [1.29, 1.82) is 0 Å². The van der Waals surface area contributed by atoms with Gasteiger partial charge in [-0.3, -0.25) is 4.79 Å². The van der Waals surface area contributed by atoms with Gasteiger partial charge in [0.25, 0.3) is 0 Å². The standard InChI is InChI=1S/C15H22O3/c1-4-12(2)15(16)18-11-7-9-13-8-5-6-10-14(13)17-3/h5-6,8,10,12H,4,7,9,11H2,1-3H3. The van der Waals surface area contributed by atoms with E-state index >= 15 is 0 Å². The number of benzene rings is 1. The minimum absolute atomic E-state index is 0.00346. The van der Waals surface area contributed by atoms with Crippen LogP contribution in [0.4, 0.5) is 0 Å². The van der Waals surface area contributed by atoms with Gasteiger partial charge in [0.15, 0.2) is 0 Å². The largest absolute Gasteiger partial charge is 0.496 e. The highest BCUT2D eigenvalue weighted by Gasteiger charge is 2.11. The van der Waals surface area contributed by atoms with Gasteiger partial charge in [-0.15, -0.1) is 0 Å². The monoisotopic (exact) mass is 250 g/mol. The Labute approximate surface area is 109 Å². The maximum atomic E-state index is 11.5. The summed E-state index contributed by atoms with van der Waals surface area (Å²) >= 11 is 0. The van der Waals surface area contributed by atoms with Crippen LogP contribution >= 0.6 is 0 Å². The third-order valence-corrected chi connectivity index (χ3v) is 3.04. The lowest BCUT2D eigenvalue weighted by Gasteiger charge is -2.10. The first-order valence-corrected chi connectivity index (χ1v) is 6.47. The summed E-state index contributed by atoms with van der Waals surface area (Å²) in [5, 5.41) is 0. The van der Waals surface area contributed by atoms with Crippen LogP contribution in [0.2, 0.25) is 0 Å². The second-order valence-electron chi connectivity index (χ2n) is 4.39. The van der Waals surface area contributed by atoms with Crippen molar-refractivity contribution < 1.29 is 14.3 Å². The number of ether oxygens (including phenoxy) is 2. The SMILES string of the molecule is CCC(C)C(=O)OCCCc1ccccc1OC. The second-order valence-corrected chi connectivity index (χ2v) is 4.39. The van der Waals surface area contributed by atoms with E-state index in [-0.39, 0.29) is 11.9 Å². The number of esters is 1. The lowest BCUT2D eigenvalue weighted by Crippen LogP contribution is -2.14. The molecule has 1 aromatic rings. The topological polar surface area (TPSA) is 35.5 Å². The molecule has 1 atom stereocenters. The van der Waals surface area contributed by atoms with E-state index in [1.165, 1.54) is 0 Å². The van der Waals surface area contributed by atoms with E-state index in [0.29, 0.717) is 6.61 Å². The zero-order valence-corrected chi connectivity index (χ0v) is 11.4. The van der Waals surface area contributed by atoms with E-state index in [2.05, 4.69) is 0 Å². The molecular formula is C15H22O3. The van der Waals surface area contributed by atoms with Crippen LogP contribution in [-0.2, 0) is 16.0 Å². The first-order valence-electron chi connectivity index (χ1n) is 6.47. The molecule has 0 saturated carbocycles. The van der Waals surface area contributed by atoms with Crippen molar-refractivity contribution >= 4 is 5.97 Å². The summed E-state index contributed by atoms with van der Waals surface area (Å²) in [5.74, 6) is 0.791. The molecule has 0 spiro atoms. The highest BCUT2D eigenvalue weighted by Crippen LogP contribution is 2.18. The maximum absolute atomic E-state index is 11.5.